The number of ether oxygens (including phenoxy) is 1. The molecule has 5 heteroatoms. The van der Waals surface area contributed by atoms with Crippen molar-refractivity contribution in [1.29, 1.82) is 0 Å². The highest BCUT2D eigenvalue weighted by atomic mass is 16.5. The summed E-state index contributed by atoms with van der Waals surface area (Å²) < 4.78 is 5.41. The van der Waals surface area contributed by atoms with Crippen LogP contribution < -0.4 is 9.64 Å². The standard InChI is InChI=1S/C10H11NO4/c12-6-7-5-11(10(13)14)8-3-1-2-4-9(8)15-7/h1-4,7,12H,5-6H2,(H,13,14). The van der Waals surface area contributed by atoms with Crippen LogP contribution in [0, 0.1) is 0 Å². The lowest BCUT2D eigenvalue weighted by atomic mass is 10.2. The lowest BCUT2D eigenvalue weighted by molar-refractivity contribution is 0.110. The van der Waals surface area contributed by atoms with Crippen molar-refractivity contribution in [2.24, 2.45) is 0 Å². The average Bonchev–Trinajstić information content (AvgIpc) is 2.27. The fourth-order valence-corrected chi connectivity index (χ4v) is 1.57. The summed E-state index contributed by atoms with van der Waals surface area (Å²) in [5.41, 5.74) is 0.523. The number of para-hydroxylation sites is 2. The first kappa shape index (κ1) is 9.79. The van der Waals surface area contributed by atoms with Gasteiger partial charge in [-0.1, -0.05) is 12.1 Å². The monoisotopic (exact) mass is 209 g/mol. The van der Waals surface area contributed by atoms with Crippen LogP contribution in [0.1, 0.15) is 0 Å². The number of anilines is 1. The lowest BCUT2D eigenvalue weighted by Crippen LogP contribution is -2.44. The van der Waals surface area contributed by atoms with Crippen LogP contribution in [0.15, 0.2) is 24.3 Å². The second kappa shape index (κ2) is 3.78. The van der Waals surface area contributed by atoms with Crippen LogP contribution >= 0.6 is 0 Å². The van der Waals surface area contributed by atoms with Crippen LogP contribution in [0.25, 0.3) is 0 Å². The topological polar surface area (TPSA) is 70.0 Å². The molecule has 1 aromatic carbocycles. The van der Waals surface area contributed by atoms with Crippen molar-refractivity contribution in [3.63, 3.8) is 0 Å². The number of carboxylic acid groups (broad SMARTS) is 1. The molecule has 1 heterocycles. The van der Waals surface area contributed by atoms with E-state index in [0.717, 1.165) is 0 Å². The number of fused-ring (bicyclic) bond motifs is 1. The van der Waals surface area contributed by atoms with E-state index >= 15 is 0 Å². The Labute approximate surface area is 86.5 Å². The average molecular weight is 209 g/mol. The molecule has 80 valence electrons. The van der Waals surface area contributed by atoms with Crippen LogP contribution in [0.5, 0.6) is 5.75 Å². The molecule has 0 bridgehead atoms. The Morgan fingerprint density at radius 2 is 2.27 bits per heavy atom. The Kier molecular flexibility index (Phi) is 2.47. The zero-order chi connectivity index (χ0) is 10.8. The van der Waals surface area contributed by atoms with E-state index in [-0.39, 0.29) is 13.2 Å². The van der Waals surface area contributed by atoms with Crippen LogP contribution in [0.3, 0.4) is 0 Å². The summed E-state index contributed by atoms with van der Waals surface area (Å²) in [6.07, 6.45) is -1.53. The smallest absolute Gasteiger partial charge is 0.412 e. The largest absolute Gasteiger partial charge is 0.484 e. The van der Waals surface area contributed by atoms with Crippen LogP contribution in [0.4, 0.5) is 10.5 Å². The fraction of sp³-hybridized carbons (Fsp3) is 0.300. The predicted molar refractivity (Wildman–Crippen MR) is 53.3 cm³/mol. The molecule has 2 N–H and O–H groups in total. The molecule has 15 heavy (non-hydrogen) atoms. The highest BCUT2D eigenvalue weighted by molar-refractivity contribution is 5.88. The summed E-state index contributed by atoms with van der Waals surface area (Å²) in [5, 5.41) is 18.0. The van der Waals surface area contributed by atoms with Gasteiger partial charge in [-0.05, 0) is 12.1 Å². The minimum atomic E-state index is -1.04. The molecule has 1 amide bonds. The van der Waals surface area contributed by atoms with Gasteiger partial charge in [-0.25, -0.2) is 4.79 Å². The number of hydrogen-bond donors (Lipinski definition) is 2. The molecule has 2 rings (SSSR count). The SMILES string of the molecule is O=C(O)N1CC(CO)Oc2ccccc21. The van der Waals surface area contributed by atoms with E-state index < -0.39 is 12.2 Å². The van der Waals surface area contributed by atoms with Crippen molar-refractivity contribution in [3.05, 3.63) is 24.3 Å². The molecule has 1 aliphatic rings. The van der Waals surface area contributed by atoms with Gasteiger partial charge in [0.1, 0.15) is 11.9 Å². The van der Waals surface area contributed by atoms with Crippen molar-refractivity contribution in [3.8, 4) is 5.75 Å². The van der Waals surface area contributed by atoms with Crippen molar-refractivity contribution >= 4 is 11.8 Å². The summed E-state index contributed by atoms with van der Waals surface area (Å²) >= 11 is 0. The molecule has 0 radical (unpaired) electrons. The zero-order valence-corrected chi connectivity index (χ0v) is 7.96. The van der Waals surface area contributed by atoms with E-state index in [0.29, 0.717) is 11.4 Å². The van der Waals surface area contributed by atoms with Gasteiger partial charge in [-0.3, -0.25) is 4.90 Å². The van der Waals surface area contributed by atoms with Crippen LogP contribution in [0.2, 0.25) is 0 Å². The molecule has 0 fully saturated rings. The number of aliphatic hydroxyl groups is 1. The van der Waals surface area contributed by atoms with Gasteiger partial charge < -0.3 is 14.9 Å². The normalized spacial score (nSPS) is 19.3. The molecule has 0 aromatic heterocycles. The van der Waals surface area contributed by atoms with Crippen molar-refractivity contribution in [2.45, 2.75) is 6.10 Å². The maximum Gasteiger partial charge on any atom is 0.412 e. The number of rotatable bonds is 1. The summed E-state index contributed by atoms with van der Waals surface area (Å²) in [4.78, 5) is 12.1. The van der Waals surface area contributed by atoms with E-state index in [1.54, 1.807) is 24.3 Å². The van der Waals surface area contributed by atoms with Gasteiger partial charge in [0.25, 0.3) is 0 Å². The zero-order valence-electron chi connectivity index (χ0n) is 7.96. The summed E-state index contributed by atoms with van der Waals surface area (Å²) in [6, 6.07) is 6.88. The van der Waals surface area contributed by atoms with Gasteiger partial charge in [-0.15, -0.1) is 0 Å². The molecular weight excluding hydrogens is 198 g/mol. The van der Waals surface area contributed by atoms with Crippen LogP contribution in [-0.4, -0.2) is 35.6 Å². The van der Waals surface area contributed by atoms with Gasteiger partial charge in [0.2, 0.25) is 0 Å². The van der Waals surface area contributed by atoms with Gasteiger partial charge >= 0.3 is 6.09 Å². The van der Waals surface area contributed by atoms with Gasteiger partial charge in [-0.2, -0.15) is 0 Å². The van der Waals surface area contributed by atoms with Gasteiger partial charge in [0.15, 0.2) is 0 Å². The number of aliphatic hydroxyl groups excluding tert-OH is 1. The van der Waals surface area contributed by atoms with E-state index in [2.05, 4.69) is 0 Å². The Morgan fingerprint density at radius 1 is 1.53 bits per heavy atom. The van der Waals surface area contributed by atoms with E-state index in [1.165, 1.54) is 4.90 Å². The molecular formula is C10H11NO4. The molecule has 0 saturated carbocycles. The third kappa shape index (κ3) is 1.73. The maximum atomic E-state index is 11.0. The van der Waals surface area contributed by atoms with Crippen molar-refractivity contribution in [1.82, 2.24) is 0 Å². The number of benzene rings is 1. The van der Waals surface area contributed by atoms with E-state index in [9.17, 15) is 4.79 Å². The molecule has 1 unspecified atom stereocenters. The molecule has 1 aromatic rings. The Hall–Kier alpha value is -1.75. The third-order valence-corrected chi connectivity index (χ3v) is 2.27. The summed E-state index contributed by atoms with van der Waals surface area (Å²) in [7, 11) is 0. The predicted octanol–water partition coefficient (Wildman–Crippen LogP) is 0.924. The molecule has 1 aliphatic heterocycles. The highest BCUT2D eigenvalue weighted by Gasteiger charge is 2.28. The van der Waals surface area contributed by atoms with E-state index in [1.807, 2.05) is 0 Å². The van der Waals surface area contributed by atoms with Gasteiger partial charge in [0.05, 0.1) is 18.8 Å². The van der Waals surface area contributed by atoms with Crippen molar-refractivity contribution in [2.75, 3.05) is 18.1 Å². The summed E-state index contributed by atoms with van der Waals surface area (Å²) in [5.74, 6) is 0.491. The molecule has 0 saturated heterocycles. The summed E-state index contributed by atoms with van der Waals surface area (Å²) in [6.45, 7) is -0.0407. The number of nitrogens with zero attached hydrogens (tertiary/aromatic N) is 1. The van der Waals surface area contributed by atoms with E-state index in [4.69, 9.17) is 14.9 Å². The molecule has 0 aliphatic carbocycles. The third-order valence-electron chi connectivity index (χ3n) is 2.27. The minimum Gasteiger partial charge on any atom is -0.484 e. The van der Waals surface area contributed by atoms with Gasteiger partial charge in [0, 0.05) is 0 Å². The molecule has 5 nitrogen and oxygen atoms in total. The van der Waals surface area contributed by atoms with Crippen molar-refractivity contribution < 1.29 is 19.7 Å². The maximum absolute atomic E-state index is 11.0. The Bertz CT molecular complexity index is 379. The minimum absolute atomic E-state index is 0.156. The Morgan fingerprint density at radius 3 is 2.93 bits per heavy atom. The first-order valence-electron chi connectivity index (χ1n) is 4.59. The van der Waals surface area contributed by atoms with Crippen LogP contribution in [-0.2, 0) is 0 Å². The number of carbonyl (C=O) groups is 1. The Balaban J connectivity index is 2.38. The number of amides is 1. The molecule has 0 spiro atoms. The number of hydrogen-bond acceptors (Lipinski definition) is 3. The first-order chi connectivity index (χ1) is 7.22. The molecule has 1 atom stereocenters. The fourth-order valence-electron chi connectivity index (χ4n) is 1.57. The second-order valence-electron chi connectivity index (χ2n) is 3.28. The highest BCUT2D eigenvalue weighted by Crippen LogP contribution is 2.32. The quantitative estimate of drug-likeness (QED) is 0.721. The second-order valence-corrected chi connectivity index (χ2v) is 3.28. The first-order valence-corrected chi connectivity index (χ1v) is 4.59. The lowest BCUT2D eigenvalue weighted by Gasteiger charge is -2.32.